The van der Waals surface area contributed by atoms with Gasteiger partial charge in [-0.1, -0.05) is 13.8 Å². The van der Waals surface area contributed by atoms with Crippen molar-refractivity contribution in [3.8, 4) is 0 Å². The van der Waals surface area contributed by atoms with Crippen LogP contribution in [0.1, 0.15) is 25.1 Å². The summed E-state index contributed by atoms with van der Waals surface area (Å²) in [5.41, 5.74) is 1.93. The zero-order chi connectivity index (χ0) is 13.8. The van der Waals surface area contributed by atoms with E-state index in [-0.39, 0.29) is 6.61 Å². The van der Waals surface area contributed by atoms with Crippen LogP contribution >= 0.6 is 0 Å². The van der Waals surface area contributed by atoms with Crippen LogP contribution in [0.15, 0.2) is 12.1 Å². The van der Waals surface area contributed by atoms with Crippen LogP contribution in [-0.4, -0.2) is 47.7 Å². The molecule has 0 bridgehead atoms. The minimum absolute atomic E-state index is 0.0870. The number of hydrogen-bond donors (Lipinski definition) is 1. The predicted molar refractivity (Wildman–Crippen MR) is 78.4 cm³/mol. The average Bonchev–Trinajstić information content (AvgIpc) is 2.38. The van der Waals surface area contributed by atoms with Crippen LogP contribution < -0.4 is 4.90 Å². The molecule has 0 spiro atoms. The molecule has 0 unspecified atom stereocenters. The molecule has 19 heavy (non-hydrogen) atoms. The quantitative estimate of drug-likeness (QED) is 0.897. The normalized spacial score (nSPS) is 17.2. The standard InChI is InChI=1S/C15H25N3O/c1-12(2)10-17-4-6-18(7-5-17)15-9-14(11-19)8-13(3)16-15/h8-9,12,19H,4-7,10-11H2,1-3H3. The fourth-order valence-corrected chi connectivity index (χ4v) is 2.65. The molecule has 1 aromatic heterocycles. The Hall–Kier alpha value is -1.13. The lowest BCUT2D eigenvalue weighted by atomic mass is 10.2. The van der Waals surface area contributed by atoms with Crippen LogP contribution in [0.3, 0.4) is 0 Å². The highest BCUT2D eigenvalue weighted by molar-refractivity contribution is 5.43. The van der Waals surface area contributed by atoms with Gasteiger partial charge in [0.05, 0.1) is 6.61 Å². The molecular formula is C15H25N3O. The number of pyridine rings is 1. The lowest BCUT2D eigenvalue weighted by Crippen LogP contribution is -2.47. The first-order chi connectivity index (χ1) is 9.08. The number of aliphatic hydroxyl groups excluding tert-OH is 1. The van der Waals surface area contributed by atoms with Crippen LogP contribution in [0.2, 0.25) is 0 Å². The third-order valence-electron chi connectivity index (χ3n) is 3.50. The second-order valence-electron chi connectivity index (χ2n) is 5.81. The van der Waals surface area contributed by atoms with E-state index in [1.807, 2.05) is 19.1 Å². The molecule has 4 heteroatoms. The fourth-order valence-electron chi connectivity index (χ4n) is 2.65. The van der Waals surface area contributed by atoms with E-state index in [1.165, 1.54) is 6.54 Å². The molecule has 0 aromatic carbocycles. The first-order valence-electron chi connectivity index (χ1n) is 7.14. The number of anilines is 1. The summed E-state index contributed by atoms with van der Waals surface area (Å²) in [6.07, 6.45) is 0. The molecule has 0 amide bonds. The number of aliphatic hydroxyl groups is 1. The van der Waals surface area contributed by atoms with E-state index in [1.54, 1.807) is 0 Å². The number of aryl methyl sites for hydroxylation is 1. The van der Waals surface area contributed by atoms with Crippen LogP contribution in [-0.2, 0) is 6.61 Å². The first kappa shape index (κ1) is 14.3. The van der Waals surface area contributed by atoms with E-state index in [0.717, 1.165) is 49.2 Å². The van der Waals surface area contributed by atoms with Gasteiger partial charge in [-0.15, -0.1) is 0 Å². The molecule has 0 saturated carbocycles. The fraction of sp³-hybridized carbons (Fsp3) is 0.667. The van der Waals surface area contributed by atoms with Crippen molar-refractivity contribution < 1.29 is 5.11 Å². The van der Waals surface area contributed by atoms with E-state index in [2.05, 4.69) is 28.6 Å². The topological polar surface area (TPSA) is 39.6 Å². The summed E-state index contributed by atoms with van der Waals surface area (Å²) in [4.78, 5) is 9.43. The van der Waals surface area contributed by atoms with Crippen LogP contribution in [0.25, 0.3) is 0 Å². The predicted octanol–water partition coefficient (Wildman–Crippen LogP) is 1.66. The average molecular weight is 263 g/mol. The lowest BCUT2D eigenvalue weighted by Gasteiger charge is -2.36. The Morgan fingerprint density at radius 1 is 1.21 bits per heavy atom. The molecule has 0 aliphatic carbocycles. The van der Waals surface area contributed by atoms with E-state index < -0.39 is 0 Å². The zero-order valence-electron chi connectivity index (χ0n) is 12.3. The number of aromatic nitrogens is 1. The van der Waals surface area contributed by atoms with Crippen molar-refractivity contribution in [3.63, 3.8) is 0 Å². The minimum atomic E-state index is 0.0870. The smallest absolute Gasteiger partial charge is 0.129 e. The summed E-state index contributed by atoms with van der Waals surface area (Å²) in [7, 11) is 0. The van der Waals surface area contributed by atoms with Crippen molar-refractivity contribution in [2.75, 3.05) is 37.6 Å². The van der Waals surface area contributed by atoms with Crippen molar-refractivity contribution in [2.24, 2.45) is 5.92 Å². The van der Waals surface area contributed by atoms with Crippen molar-refractivity contribution in [1.29, 1.82) is 0 Å². The van der Waals surface area contributed by atoms with E-state index >= 15 is 0 Å². The number of hydrogen-bond acceptors (Lipinski definition) is 4. The van der Waals surface area contributed by atoms with Crippen molar-refractivity contribution in [1.82, 2.24) is 9.88 Å². The van der Waals surface area contributed by atoms with Crippen LogP contribution in [0, 0.1) is 12.8 Å². The Morgan fingerprint density at radius 3 is 2.47 bits per heavy atom. The molecule has 0 atom stereocenters. The maximum Gasteiger partial charge on any atom is 0.129 e. The Morgan fingerprint density at radius 2 is 1.89 bits per heavy atom. The molecule has 2 heterocycles. The highest BCUT2D eigenvalue weighted by Crippen LogP contribution is 2.17. The third-order valence-corrected chi connectivity index (χ3v) is 3.50. The highest BCUT2D eigenvalue weighted by atomic mass is 16.3. The third kappa shape index (κ3) is 3.91. The van der Waals surface area contributed by atoms with Gasteiger partial charge in [0, 0.05) is 38.4 Å². The maximum absolute atomic E-state index is 9.27. The Balaban J connectivity index is 1.99. The molecule has 2 rings (SSSR count). The Labute approximate surface area is 116 Å². The van der Waals surface area contributed by atoms with Gasteiger partial charge in [-0.2, -0.15) is 0 Å². The van der Waals surface area contributed by atoms with E-state index in [4.69, 9.17) is 0 Å². The summed E-state index contributed by atoms with van der Waals surface area (Å²) in [6.45, 7) is 12.0. The van der Waals surface area contributed by atoms with Gasteiger partial charge >= 0.3 is 0 Å². The molecule has 106 valence electrons. The zero-order valence-corrected chi connectivity index (χ0v) is 12.3. The maximum atomic E-state index is 9.27. The molecule has 0 radical (unpaired) electrons. The Kier molecular flexibility index (Phi) is 4.77. The van der Waals surface area contributed by atoms with Gasteiger partial charge in [-0.25, -0.2) is 4.98 Å². The lowest BCUT2D eigenvalue weighted by molar-refractivity contribution is 0.231. The SMILES string of the molecule is Cc1cc(CO)cc(N2CCN(CC(C)C)CC2)n1. The summed E-state index contributed by atoms with van der Waals surface area (Å²) < 4.78 is 0. The number of piperazine rings is 1. The molecule has 1 aliphatic heterocycles. The van der Waals surface area contributed by atoms with Gasteiger partial charge in [0.15, 0.2) is 0 Å². The second-order valence-corrected chi connectivity index (χ2v) is 5.81. The monoisotopic (exact) mass is 263 g/mol. The molecule has 4 nitrogen and oxygen atoms in total. The van der Waals surface area contributed by atoms with Crippen molar-refractivity contribution in [2.45, 2.75) is 27.4 Å². The molecule has 1 aliphatic rings. The van der Waals surface area contributed by atoms with Crippen LogP contribution in [0.5, 0.6) is 0 Å². The van der Waals surface area contributed by atoms with Gasteiger partial charge in [0.25, 0.3) is 0 Å². The van der Waals surface area contributed by atoms with E-state index in [0.29, 0.717) is 0 Å². The molecule has 1 N–H and O–H groups in total. The highest BCUT2D eigenvalue weighted by Gasteiger charge is 2.18. The largest absolute Gasteiger partial charge is 0.392 e. The van der Waals surface area contributed by atoms with Gasteiger partial charge in [-0.3, -0.25) is 4.90 Å². The van der Waals surface area contributed by atoms with Crippen LogP contribution in [0.4, 0.5) is 5.82 Å². The second kappa shape index (κ2) is 6.35. The van der Waals surface area contributed by atoms with E-state index in [9.17, 15) is 5.11 Å². The summed E-state index contributed by atoms with van der Waals surface area (Å²) in [5.74, 6) is 1.73. The number of rotatable bonds is 4. The minimum Gasteiger partial charge on any atom is -0.392 e. The van der Waals surface area contributed by atoms with Gasteiger partial charge < -0.3 is 10.0 Å². The van der Waals surface area contributed by atoms with Gasteiger partial charge in [-0.05, 0) is 30.5 Å². The molecule has 1 saturated heterocycles. The summed E-state index contributed by atoms with van der Waals surface area (Å²) in [5, 5.41) is 9.27. The summed E-state index contributed by atoms with van der Waals surface area (Å²) >= 11 is 0. The molecule has 1 fully saturated rings. The van der Waals surface area contributed by atoms with Crippen molar-refractivity contribution in [3.05, 3.63) is 23.4 Å². The first-order valence-corrected chi connectivity index (χ1v) is 7.14. The van der Waals surface area contributed by atoms with Crippen molar-refractivity contribution >= 4 is 5.82 Å². The molecular weight excluding hydrogens is 238 g/mol. The molecule has 1 aromatic rings. The Bertz CT molecular complexity index is 412. The summed E-state index contributed by atoms with van der Waals surface area (Å²) in [6, 6.07) is 3.95. The number of nitrogens with zero attached hydrogens (tertiary/aromatic N) is 3. The van der Waals surface area contributed by atoms with Gasteiger partial charge in [0.1, 0.15) is 5.82 Å². The van der Waals surface area contributed by atoms with Gasteiger partial charge in [0.2, 0.25) is 0 Å².